The second-order valence-electron chi connectivity index (χ2n) is 3.94. The summed E-state index contributed by atoms with van der Waals surface area (Å²) in [5.41, 5.74) is 0. The fourth-order valence-electron chi connectivity index (χ4n) is 1.83. The second kappa shape index (κ2) is 6.02. The van der Waals surface area contributed by atoms with Crippen LogP contribution in [0.4, 0.5) is 0 Å². The zero-order chi connectivity index (χ0) is 10.4. The van der Waals surface area contributed by atoms with Gasteiger partial charge in [0.2, 0.25) is 5.91 Å². The van der Waals surface area contributed by atoms with Crippen molar-refractivity contribution in [1.82, 2.24) is 4.90 Å². The third kappa shape index (κ3) is 3.29. The highest BCUT2D eigenvalue weighted by molar-refractivity contribution is 5.76. The van der Waals surface area contributed by atoms with Crippen LogP contribution in [-0.4, -0.2) is 37.1 Å². The lowest BCUT2D eigenvalue weighted by molar-refractivity contribution is -0.130. The monoisotopic (exact) mass is 199 g/mol. The van der Waals surface area contributed by atoms with Crippen molar-refractivity contribution < 1.29 is 9.53 Å². The summed E-state index contributed by atoms with van der Waals surface area (Å²) in [6.07, 6.45) is 5.34. The van der Waals surface area contributed by atoms with E-state index in [9.17, 15) is 4.79 Å². The Morgan fingerprint density at radius 3 is 2.86 bits per heavy atom. The summed E-state index contributed by atoms with van der Waals surface area (Å²) < 4.78 is 5.22. The summed E-state index contributed by atoms with van der Waals surface area (Å²) in [5.74, 6) is 0.304. The number of carbonyl (C=O) groups excluding carboxylic acids is 1. The molecule has 0 saturated carbocycles. The third-order valence-electron chi connectivity index (χ3n) is 2.83. The topological polar surface area (TPSA) is 29.5 Å². The second-order valence-corrected chi connectivity index (χ2v) is 3.94. The number of unbranched alkanes of at least 4 members (excludes halogenated alkanes) is 2. The van der Waals surface area contributed by atoms with E-state index in [0.717, 1.165) is 32.4 Å². The molecule has 0 aromatic carbocycles. The minimum atomic E-state index is 0.269. The van der Waals surface area contributed by atoms with Crippen LogP contribution in [0.2, 0.25) is 0 Å². The Bertz CT molecular complexity index is 182. The van der Waals surface area contributed by atoms with E-state index < -0.39 is 0 Å². The van der Waals surface area contributed by atoms with Crippen LogP contribution in [0.15, 0.2) is 0 Å². The van der Waals surface area contributed by atoms with Crippen molar-refractivity contribution >= 4 is 5.91 Å². The smallest absolute Gasteiger partial charge is 0.222 e. The summed E-state index contributed by atoms with van der Waals surface area (Å²) in [6.45, 7) is 3.83. The standard InChI is InChI=1S/C11H21NO2/c1-3-4-5-6-11(13)12-8-7-10(9-12)14-2/h10H,3-9H2,1-2H3/t10-/m0/s1. The SMILES string of the molecule is CCCCCC(=O)N1CC[C@H](OC)C1. The van der Waals surface area contributed by atoms with Gasteiger partial charge in [-0.3, -0.25) is 4.79 Å². The molecule has 3 nitrogen and oxygen atoms in total. The number of rotatable bonds is 5. The van der Waals surface area contributed by atoms with Gasteiger partial charge in [0.25, 0.3) is 0 Å². The van der Waals surface area contributed by atoms with Crippen LogP contribution >= 0.6 is 0 Å². The number of amides is 1. The normalized spacial score (nSPS) is 21.6. The molecule has 82 valence electrons. The van der Waals surface area contributed by atoms with Crippen LogP contribution < -0.4 is 0 Å². The first kappa shape index (κ1) is 11.5. The van der Waals surface area contributed by atoms with Crippen molar-refractivity contribution in [3.63, 3.8) is 0 Å². The third-order valence-corrected chi connectivity index (χ3v) is 2.83. The quantitative estimate of drug-likeness (QED) is 0.632. The molecule has 0 radical (unpaired) electrons. The van der Waals surface area contributed by atoms with Gasteiger partial charge in [0, 0.05) is 26.6 Å². The lowest BCUT2D eigenvalue weighted by Crippen LogP contribution is -2.29. The maximum absolute atomic E-state index is 11.7. The molecule has 0 N–H and O–H groups in total. The fourth-order valence-corrected chi connectivity index (χ4v) is 1.83. The molecule has 1 heterocycles. The summed E-state index contributed by atoms with van der Waals surface area (Å²) in [5, 5.41) is 0. The van der Waals surface area contributed by atoms with Crippen LogP contribution in [0.5, 0.6) is 0 Å². The Balaban J connectivity index is 2.18. The zero-order valence-electron chi connectivity index (χ0n) is 9.29. The summed E-state index contributed by atoms with van der Waals surface area (Å²) in [4.78, 5) is 13.6. The van der Waals surface area contributed by atoms with E-state index in [1.54, 1.807) is 7.11 Å². The van der Waals surface area contributed by atoms with Crippen molar-refractivity contribution in [1.29, 1.82) is 0 Å². The molecule has 1 atom stereocenters. The Morgan fingerprint density at radius 1 is 1.50 bits per heavy atom. The Labute approximate surface area is 86.4 Å². The fraction of sp³-hybridized carbons (Fsp3) is 0.909. The van der Waals surface area contributed by atoms with Gasteiger partial charge in [-0.25, -0.2) is 0 Å². The lowest BCUT2D eigenvalue weighted by atomic mass is 10.2. The molecule has 1 aliphatic heterocycles. The van der Waals surface area contributed by atoms with Gasteiger partial charge in [0.15, 0.2) is 0 Å². The highest BCUT2D eigenvalue weighted by Gasteiger charge is 2.25. The Morgan fingerprint density at radius 2 is 2.29 bits per heavy atom. The average molecular weight is 199 g/mol. The molecule has 1 fully saturated rings. The molecule has 1 amide bonds. The van der Waals surface area contributed by atoms with E-state index in [-0.39, 0.29) is 6.10 Å². The van der Waals surface area contributed by atoms with Crippen LogP contribution in [0.25, 0.3) is 0 Å². The van der Waals surface area contributed by atoms with Crippen LogP contribution in [0.1, 0.15) is 39.0 Å². The summed E-state index contributed by atoms with van der Waals surface area (Å²) >= 11 is 0. The van der Waals surface area contributed by atoms with Crippen molar-refractivity contribution in [2.45, 2.75) is 45.1 Å². The molecule has 0 bridgehead atoms. The van der Waals surface area contributed by atoms with Crippen LogP contribution in [0.3, 0.4) is 0 Å². The Hall–Kier alpha value is -0.570. The Kier molecular flexibility index (Phi) is 4.94. The molecule has 3 heteroatoms. The van der Waals surface area contributed by atoms with E-state index in [4.69, 9.17) is 4.74 Å². The van der Waals surface area contributed by atoms with Crippen molar-refractivity contribution in [2.75, 3.05) is 20.2 Å². The molecule has 1 saturated heterocycles. The van der Waals surface area contributed by atoms with Gasteiger partial charge in [0.05, 0.1) is 6.10 Å². The number of carbonyl (C=O) groups is 1. The van der Waals surface area contributed by atoms with Gasteiger partial charge in [-0.1, -0.05) is 19.8 Å². The molecule has 0 unspecified atom stereocenters. The van der Waals surface area contributed by atoms with Gasteiger partial charge in [-0.2, -0.15) is 0 Å². The van der Waals surface area contributed by atoms with Gasteiger partial charge in [0.1, 0.15) is 0 Å². The molecule has 0 aromatic rings. The number of hydrogen-bond donors (Lipinski definition) is 0. The highest BCUT2D eigenvalue weighted by atomic mass is 16.5. The first-order chi connectivity index (χ1) is 6.77. The predicted molar refractivity (Wildman–Crippen MR) is 56.1 cm³/mol. The number of ether oxygens (including phenoxy) is 1. The van der Waals surface area contributed by atoms with Gasteiger partial charge in [-0.05, 0) is 12.8 Å². The lowest BCUT2D eigenvalue weighted by Gasteiger charge is -2.15. The highest BCUT2D eigenvalue weighted by Crippen LogP contribution is 2.14. The molecule has 1 aliphatic rings. The largest absolute Gasteiger partial charge is 0.380 e. The van der Waals surface area contributed by atoms with Crippen molar-refractivity contribution in [2.24, 2.45) is 0 Å². The van der Waals surface area contributed by atoms with Gasteiger partial charge in [-0.15, -0.1) is 0 Å². The first-order valence-corrected chi connectivity index (χ1v) is 5.58. The van der Waals surface area contributed by atoms with Gasteiger partial charge < -0.3 is 9.64 Å². The van der Waals surface area contributed by atoms with E-state index in [0.29, 0.717) is 12.3 Å². The summed E-state index contributed by atoms with van der Waals surface area (Å²) in [6, 6.07) is 0. The molecule has 0 aromatic heterocycles. The molecule has 14 heavy (non-hydrogen) atoms. The molecular formula is C11H21NO2. The summed E-state index contributed by atoms with van der Waals surface area (Å²) in [7, 11) is 1.72. The van der Waals surface area contributed by atoms with E-state index in [2.05, 4.69) is 6.92 Å². The number of nitrogens with zero attached hydrogens (tertiary/aromatic N) is 1. The first-order valence-electron chi connectivity index (χ1n) is 5.58. The van der Waals surface area contributed by atoms with E-state index >= 15 is 0 Å². The minimum Gasteiger partial charge on any atom is -0.380 e. The predicted octanol–water partition coefficient (Wildman–Crippen LogP) is 1.81. The van der Waals surface area contributed by atoms with Crippen molar-refractivity contribution in [3.8, 4) is 0 Å². The zero-order valence-corrected chi connectivity index (χ0v) is 9.29. The van der Waals surface area contributed by atoms with Crippen LogP contribution in [0, 0.1) is 0 Å². The van der Waals surface area contributed by atoms with Crippen molar-refractivity contribution in [3.05, 3.63) is 0 Å². The number of hydrogen-bond acceptors (Lipinski definition) is 2. The van der Waals surface area contributed by atoms with E-state index in [1.165, 1.54) is 6.42 Å². The minimum absolute atomic E-state index is 0.269. The molecule has 0 spiro atoms. The number of methoxy groups -OCH3 is 1. The maximum atomic E-state index is 11.7. The number of likely N-dealkylation sites (tertiary alicyclic amines) is 1. The van der Waals surface area contributed by atoms with Gasteiger partial charge >= 0.3 is 0 Å². The van der Waals surface area contributed by atoms with E-state index in [1.807, 2.05) is 4.90 Å². The molecule has 1 rings (SSSR count). The molecule has 0 aliphatic carbocycles. The molecular weight excluding hydrogens is 178 g/mol. The average Bonchev–Trinajstić information content (AvgIpc) is 2.66. The van der Waals surface area contributed by atoms with Crippen LogP contribution in [-0.2, 0) is 9.53 Å². The maximum Gasteiger partial charge on any atom is 0.222 e.